The number of quaternary nitrogens is 1. The highest BCUT2D eigenvalue weighted by Crippen LogP contribution is 2.25. The molecular formula is C10H11N3O4S. The van der Waals surface area contributed by atoms with Gasteiger partial charge in [-0.3, -0.25) is 14.3 Å². The van der Waals surface area contributed by atoms with Crippen LogP contribution in [0.4, 0.5) is 0 Å². The third-order valence-corrected chi connectivity index (χ3v) is 3.83. The van der Waals surface area contributed by atoms with Crippen LogP contribution in [0.15, 0.2) is 9.59 Å². The summed E-state index contributed by atoms with van der Waals surface area (Å²) < 4.78 is 1.02. The Morgan fingerprint density at radius 3 is 2.72 bits per heavy atom. The van der Waals surface area contributed by atoms with Crippen LogP contribution in [0.5, 0.6) is 0 Å². The number of aryl methyl sites for hydroxylation is 1. The molecular weight excluding hydrogens is 258 g/mol. The summed E-state index contributed by atoms with van der Waals surface area (Å²) in [5.74, 6) is -1.35. The highest BCUT2D eigenvalue weighted by atomic mass is 32.1. The Balaban J connectivity index is 2.89. The van der Waals surface area contributed by atoms with Crippen molar-refractivity contribution in [3.8, 4) is 0 Å². The first-order chi connectivity index (χ1) is 8.47. The van der Waals surface area contributed by atoms with E-state index in [-0.39, 0.29) is 21.6 Å². The molecule has 0 unspecified atom stereocenters. The lowest BCUT2D eigenvalue weighted by molar-refractivity contribution is -0.370. The molecule has 0 radical (unpaired) electrons. The van der Waals surface area contributed by atoms with Gasteiger partial charge in [-0.05, 0) is 12.5 Å². The zero-order valence-corrected chi connectivity index (χ0v) is 10.4. The van der Waals surface area contributed by atoms with Crippen LogP contribution in [0, 0.1) is 6.92 Å². The number of hydrogen-bond donors (Lipinski definition) is 2. The van der Waals surface area contributed by atoms with Crippen molar-refractivity contribution in [2.45, 2.75) is 13.5 Å². The lowest BCUT2D eigenvalue weighted by atomic mass is 10.2. The van der Waals surface area contributed by atoms with E-state index in [9.17, 15) is 19.5 Å². The van der Waals surface area contributed by atoms with Crippen molar-refractivity contribution < 1.29 is 15.6 Å². The molecule has 0 amide bonds. The number of thiophene rings is 1. The van der Waals surface area contributed by atoms with E-state index in [1.807, 2.05) is 0 Å². The average Bonchev–Trinajstić information content (AvgIpc) is 2.62. The summed E-state index contributed by atoms with van der Waals surface area (Å²) in [7, 11) is 0. The first kappa shape index (κ1) is 12.5. The summed E-state index contributed by atoms with van der Waals surface area (Å²) in [6, 6.07) is 0. The number of carbonyl (C=O) groups excluding carboxylic acids is 1. The van der Waals surface area contributed by atoms with Gasteiger partial charge in [0.15, 0.2) is 0 Å². The minimum atomic E-state index is -1.35. The highest BCUT2D eigenvalue weighted by Gasteiger charge is 2.16. The molecule has 0 spiro atoms. The molecule has 2 rings (SSSR count). The van der Waals surface area contributed by atoms with Gasteiger partial charge < -0.3 is 15.6 Å². The largest absolute Gasteiger partial charge is 0.544 e. The number of fused-ring (bicyclic) bond motifs is 1. The van der Waals surface area contributed by atoms with Crippen molar-refractivity contribution in [2.24, 2.45) is 0 Å². The fourth-order valence-electron chi connectivity index (χ4n) is 1.81. The van der Waals surface area contributed by atoms with Crippen LogP contribution in [-0.2, 0) is 6.54 Å². The third kappa shape index (κ3) is 1.75. The number of carboxylic acid groups (broad SMARTS) is 1. The second-order valence-electron chi connectivity index (χ2n) is 3.79. The third-order valence-electron chi connectivity index (χ3n) is 2.64. The number of aromatic carboxylic acids is 1. The predicted octanol–water partition coefficient (Wildman–Crippen LogP) is -2.33. The van der Waals surface area contributed by atoms with Gasteiger partial charge >= 0.3 is 5.69 Å². The number of H-pyrrole nitrogens is 1. The number of rotatable bonds is 3. The zero-order valence-electron chi connectivity index (χ0n) is 9.61. The van der Waals surface area contributed by atoms with E-state index in [2.05, 4.69) is 10.7 Å². The minimum Gasteiger partial charge on any atom is -0.544 e. The Labute approximate surface area is 104 Å². The van der Waals surface area contributed by atoms with Crippen molar-refractivity contribution >= 4 is 27.5 Å². The van der Waals surface area contributed by atoms with Gasteiger partial charge in [0.1, 0.15) is 4.83 Å². The maximum Gasteiger partial charge on any atom is 0.329 e. The summed E-state index contributed by atoms with van der Waals surface area (Å²) >= 11 is 0.841. The topological polar surface area (TPSA) is 123 Å². The number of carboxylic acids is 1. The fraction of sp³-hybridized carbons (Fsp3) is 0.300. The van der Waals surface area contributed by atoms with E-state index >= 15 is 0 Å². The van der Waals surface area contributed by atoms with Gasteiger partial charge in [-0.2, -0.15) is 0 Å². The summed E-state index contributed by atoms with van der Waals surface area (Å²) in [4.78, 5) is 37.4. The smallest absolute Gasteiger partial charge is 0.329 e. The van der Waals surface area contributed by atoms with Crippen LogP contribution in [0.1, 0.15) is 15.2 Å². The Morgan fingerprint density at radius 1 is 1.50 bits per heavy atom. The summed E-state index contributed by atoms with van der Waals surface area (Å²) in [6.45, 7) is 2.11. The van der Waals surface area contributed by atoms with Gasteiger partial charge in [-0.25, -0.2) is 4.79 Å². The summed E-state index contributed by atoms with van der Waals surface area (Å²) in [6.07, 6.45) is 0. The normalized spacial score (nSPS) is 11.0. The van der Waals surface area contributed by atoms with Crippen LogP contribution in [0.25, 0.3) is 10.2 Å². The second kappa shape index (κ2) is 4.39. The SMILES string of the molecule is Cc1c(C(=O)[O-])sc2[nH]c(=O)n(CC[NH3+])c(=O)c12. The molecule has 0 saturated heterocycles. The van der Waals surface area contributed by atoms with E-state index < -0.39 is 17.2 Å². The molecule has 7 nitrogen and oxygen atoms in total. The molecule has 0 saturated carbocycles. The molecule has 0 aliphatic heterocycles. The number of nitrogens with one attached hydrogen (secondary N) is 1. The van der Waals surface area contributed by atoms with E-state index in [1.54, 1.807) is 0 Å². The summed E-state index contributed by atoms with van der Waals surface area (Å²) in [5, 5.41) is 11.1. The molecule has 96 valence electrons. The van der Waals surface area contributed by atoms with Crippen molar-refractivity contribution in [1.29, 1.82) is 0 Å². The molecule has 2 heterocycles. The Hall–Kier alpha value is -1.93. The number of hydrogen-bond acceptors (Lipinski definition) is 5. The Morgan fingerprint density at radius 2 is 2.17 bits per heavy atom. The Bertz CT molecular complexity index is 740. The maximum atomic E-state index is 12.1. The molecule has 0 aliphatic carbocycles. The lowest BCUT2D eigenvalue weighted by Gasteiger charge is -2.01. The molecule has 0 atom stereocenters. The number of aromatic amines is 1. The number of carbonyl (C=O) groups is 1. The zero-order chi connectivity index (χ0) is 13.4. The second-order valence-corrected chi connectivity index (χ2v) is 4.81. The van der Waals surface area contributed by atoms with E-state index in [4.69, 9.17) is 0 Å². The maximum absolute atomic E-state index is 12.1. The van der Waals surface area contributed by atoms with Crippen LogP contribution >= 0.6 is 11.3 Å². The van der Waals surface area contributed by atoms with Gasteiger partial charge in [0.25, 0.3) is 5.56 Å². The van der Waals surface area contributed by atoms with E-state index in [0.29, 0.717) is 12.1 Å². The number of aromatic nitrogens is 2. The van der Waals surface area contributed by atoms with Crippen LogP contribution < -0.4 is 22.1 Å². The first-order valence-corrected chi connectivity index (χ1v) is 6.05. The molecule has 0 aromatic carbocycles. The standard InChI is InChI=1S/C10H11N3O4S/c1-4-5-7(18-6(4)9(15)16)12-10(17)13(3-2-11)8(5)14/h2-3,11H2,1H3,(H,12,17)(H,15,16). The minimum absolute atomic E-state index is 0.0369. The molecule has 0 bridgehead atoms. The van der Waals surface area contributed by atoms with Crippen LogP contribution in [0.3, 0.4) is 0 Å². The molecule has 18 heavy (non-hydrogen) atoms. The number of nitrogens with zero attached hydrogens (tertiary/aromatic N) is 1. The molecule has 2 aromatic rings. The van der Waals surface area contributed by atoms with Crippen molar-refractivity contribution in [3.63, 3.8) is 0 Å². The molecule has 0 fully saturated rings. The monoisotopic (exact) mass is 269 g/mol. The van der Waals surface area contributed by atoms with Crippen molar-refractivity contribution in [3.05, 3.63) is 31.3 Å². The predicted molar refractivity (Wildman–Crippen MR) is 63.5 cm³/mol. The van der Waals surface area contributed by atoms with Crippen LogP contribution in [0.2, 0.25) is 0 Å². The Kier molecular flexibility index (Phi) is 3.05. The van der Waals surface area contributed by atoms with Gasteiger partial charge in [-0.15, -0.1) is 11.3 Å². The molecule has 8 heteroatoms. The molecule has 0 aliphatic rings. The van der Waals surface area contributed by atoms with Gasteiger partial charge in [0, 0.05) is 0 Å². The van der Waals surface area contributed by atoms with E-state index in [1.165, 1.54) is 6.92 Å². The van der Waals surface area contributed by atoms with Crippen molar-refractivity contribution in [2.75, 3.05) is 6.54 Å². The van der Waals surface area contributed by atoms with Gasteiger partial charge in [0.05, 0.1) is 29.3 Å². The quantitative estimate of drug-likeness (QED) is 0.648. The average molecular weight is 269 g/mol. The van der Waals surface area contributed by atoms with Crippen molar-refractivity contribution in [1.82, 2.24) is 9.55 Å². The molecule has 2 aromatic heterocycles. The van der Waals surface area contributed by atoms with Crippen LogP contribution in [-0.4, -0.2) is 22.1 Å². The highest BCUT2D eigenvalue weighted by molar-refractivity contribution is 7.20. The van der Waals surface area contributed by atoms with E-state index in [0.717, 1.165) is 15.9 Å². The molecule has 4 N–H and O–H groups in total. The summed E-state index contributed by atoms with van der Waals surface area (Å²) in [5.41, 5.74) is 2.87. The van der Waals surface area contributed by atoms with Gasteiger partial charge in [0.2, 0.25) is 0 Å². The lowest BCUT2D eigenvalue weighted by Crippen LogP contribution is -2.54. The first-order valence-electron chi connectivity index (χ1n) is 5.24. The fourth-order valence-corrected chi connectivity index (χ4v) is 2.83. The van der Waals surface area contributed by atoms with Gasteiger partial charge in [-0.1, -0.05) is 0 Å².